The minimum Gasteiger partial charge on any atom is -0.480 e. The molecule has 1 radical (unpaired) electrons. The summed E-state index contributed by atoms with van der Waals surface area (Å²) in [6.45, 7) is 0.230. The van der Waals surface area contributed by atoms with E-state index in [9.17, 15) is 0 Å². The van der Waals surface area contributed by atoms with E-state index in [0.717, 1.165) is 11.1 Å². The van der Waals surface area contributed by atoms with Gasteiger partial charge in [0.25, 0.3) is 0 Å². The molecule has 0 aromatic heterocycles. The highest BCUT2D eigenvalue weighted by Crippen LogP contribution is 2.30. The van der Waals surface area contributed by atoms with Gasteiger partial charge in [-0.2, -0.15) is 0 Å². The van der Waals surface area contributed by atoms with Crippen LogP contribution in [0.15, 0.2) is 42.5 Å². The third-order valence-corrected chi connectivity index (χ3v) is 2.49. The summed E-state index contributed by atoms with van der Waals surface area (Å²) in [6.07, 6.45) is 5.18. The summed E-state index contributed by atoms with van der Waals surface area (Å²) in [5, 5.41) is 0.689. The quantitative estimate of drug-likeness (QED) is 0.743. The minimum absolute atomic E-state index is 0.230. The maximum Gasteiger partial charge on any atom is 0.148 e. The lowest BCUT2D eigenvalue weighted by molar-refractivity contribution is 0.371. The van der Waals surface area contributed by atoms with Gasteiger partial charge in [-0.25, -0.2) is 0 Å². The van der Waals surface area contributed by atoms with Crippen LogP contribution in [0.5, 0.6) is 5.75 Å². The summed E-state index contributed by atoms with van der Waals surface area (Å²) in [6, 6.07) is 16.3. The SMILES string of the molecule is C#CCOc1[c]cccc1-c1cccc(Cl)c1. The van der Waals surface area contributed by atoms with Gasteiger partial charge in [-0.3, -0.25) is 0 Å². The summed E-state index contributed by atoms with van der Waals surface area (Å²) in [4.78, 5) is 0. The second-order valence-corrected chi connectivity index (χ2v) is 3.85. The van der Waals surface area contributed by atoms with Crippen LogP contribution in [0.2, 0.25) is 5.02 Å². The molecule has 1 nitrogen and oxygen atoms in total. The average molecular weight is 242 g/mol. The van der Waals surface area contributed by atoms with Gasteiger partial charge in [0.1, 0.15) is 12.4 Å². The topological polar surface area (TPSA) is 9.23 Å². The van der Waals surface area contributed by atoms with Crippen molar-refractivity contribution >= 4 is 11.6 Å². The molecule has 0 aliphatic carbocycles. The first-order valence-corrected chi connectivity index (χ1v) is 5.52. The number of hydrogen-bond donors (Lipinski definition) is 0. The van der Waals surface area contributed by atoms with Gasteiger partial charge in [0, 0.05) is 16.7 Å². The van der Waals surface area contributed by atoms with E-state index in [0.29, 0.717) is 10.8 Å². The zero-order valence-corrected chi connectivity index (χ0v) is 9.87. The molecule has 2 aromatic rings. The molecule has 0 aliphatic heterocycles. The predicted octanol–water partition coefficient (Wildman–Crippen LogP) is 3.82. The Morgan fingerprint density at radius 3 is 2.94 bits per heavy atom. The fraction of sp³-hybridized carbons (Fsp3) is 0.0667. The maximum absolute atomic E-state index is 5.97. The second kappa shape index (κ2) is 5.43. The molecule has 17 heavy (non-hydrogen) atoms. The predicted molar refractivity (Wildman–Crippen MR) is 70.1 cm³/mol. The Balaban J connectivity index is 2.41. The molecule has 0 unspecified atom stereocenters. The molecule has 2 heteroatoms. The van der Waals surface area contributed by atoms with E-state index in [-0.39, 0.29) is 6.61 Å². The van der Waals surface area contributed by atoms with Crippen LogP contribution in [-0.2, 0) is 0 Å². The van der Waals surface area contributed by atoms with Gasteiger partial charge >= 0.3 is 0 Å². The fourth-order valence-electron chi connectivity index (χ4n) is 1.54. The first-order valence-electron chi connectivity index (χ1n) is 5.14. The molecule has 2 rings (SSSR count). The monoisotopic (exact) mass is 241 g/mol. The van der Waals surface area contributed by atoms with Crippen LogP contribution in [0.1, 0.15) is 0 Å². The smallest absolute Gasteiger partial charge is 0.148 e. The van der Waals surface area contributed by atoms with Crippen molar-refractivity contribution in [3.63, 3.8) is 0 Å². The average Bonchev–Trinajstić information content (AvgIpc) is 2.37. The summed E-state index contributed by atoms with van der Waals surface area (Å²) >= 11 is 5.97. The van der Waals surface area contributed by atoms with E-state index in [2.05, 4.69) is 12.0 Å². The van der Waals surface area contributed by atoms with Crippen LogP contribution >= 0.6 is 11.6 Å². The molecule has 0 fully saturated rings. The van der Waals surface area contributed by atoms with E-state index >= 15 is 0 Å². The second-order valence-electron chi connectivity index (χ2n) is 3.42. The van der Waals surface area contributed by atoms with Crippen LogP contribution in [0, 0.1) is 18.4 Å². The standard InChI is InChI=1S/C15H10ClO/c1-2-10-17-15-9-4-3-8-14(15)12-6-5-7-13(16)11-12/h1,3-8,11H,10H2. The highest BCUT2D eigenvalue weighted by atomic mass is 35.5. The molecule has 0 spiro atoms. The van der Waals surface area contributed by atoms with Crippen LogP contribution in [0.3, 0.4) is 0 Å². The highest BCUT2D eigenvalue weighted by molar-refractivity contribution is 6.30. The number of para-hydroxylation sites is 1. The van der Waals surface area contributed by atoms with E-state index < -0.39 is 0 Å². The first-order chi connectivity index (χ1) is 8.31. The van der Waals surface area contributed by atoms with Crippen molar-refractivity contribution in [1.29, 1.82) is 0 Å². The Hall–Kier alpha value is -1.91. The highest BCUT2D eigenvalue weighted by Gasteiger charge is 2.05. The molecule has 0 N–H and O–H groups in total. The Bertz CT molecular complexity index is 555. The van der Waals surface area contributed by atoms with Gasteiger partial charge in [-0.15, -0.1) is 6.42 Å². The molecule has 0 bridgehead atoms. The third kappa shape index (κ3) is 2.81. The molecule has 0 heterocycles. The molecule has 0 atom stereocenters. The number of terminal acetylenes is 1. The van der Waals surface area contributed by atoms with Gasteiger partial charge in [0.05, 0.1) is 0 Å². The van der Waals surface area contributed by atoms with E-state index in [1.54, 1.807) is 6.07 Å². The number of rotatable bonds is 3. The van der Waals surface area contributed by atoms with Gasteiger partial charge in [0.15, 0.2) is 0 Å². The lowest BCUT2D eigenvalue weighted by Crippen LogP contribution is -1.95. The van der Waals surface area contributed by atoms with Crippen molar-refractivity contribution in [2.24, 2.45) is 0 Å². The fourth-order valence-corrected chi connectivity index (χ4v) is 1.73. The lowest BCUT2D eigenvalue weighted by atomic mass is 10.0. The molecule has 0 amide bonds. The van der Waals surface area contributed by atoms with Gasteiger partial charge in [0.2, 0.25) is 0 Å². The largest absolute Gasteiger partial charge is 0.480 e. The van der Waals surface area contributed by atoms with Crippen molar-refractivity contribution in [1.82, 2.24) is 0 Å². The van der Waals surface area contributed by atoms with Crippen LogP contribution in [-0.4, -0.2) is 6.61 Å². The molecule has 2 aromatic carbocycles. The van der Waals surface area contributed by atoms with Crippen LogP contribution in [0.25, 0.3) is 11.1 Å². The maximum atomic E-state index is 5.97. The van der Waals surface area contributed by atoms with Gasteiger partial charge in [-0.05, 0) is 17.7 Å². The van der Waals surface area contributed by atoms with E-state index in [4.69, 9.17) is 22.8 Å². The summed E-state index contributed by atoms with van der Waals surface area (Å²) in [7, 11) is 0. The molecule has 0 saturated heterocycles. The Morgan fingerprint density at radius 1 is 1.29 bits per heavy atom. The van der Waals surface area contributed by atoms with Crippen LogP contribution < -0.4 is 4.74 Å². The van der Waals surface area contributed by atoms with Crippen molar-refractivity contribution in [2.45, 2.75) is 0 Å². The molecular weight excluding hydrogens is 232 g/mol. The number of ether oxygens (including phenoxy) is 1. The molecular formula is C15H10ClO. The van der Waals surface area contributed by atoms with Crippen LogP contribution in [0.4, 0.5) is 0 Å². The van der Waals surface area contributed by atoms with Crippen molar-refractivity contribution < 1.29 is 4.74 Å². The lowest BCUT2D eigenvalue weighted by Gasteiger charge is -2.09. The van der Waals surface area contributed by atoms with E-state index in [1.807, 2.05) is 36.4 Å². The van der Waals surface area contributed by atoms with Crippen molar-refractivity contribution in [2.75, 3.05) is 6.61 Å². The van der Waals surface area contributed by atoms with Crippen molar-refractivity contribution in [3.05, 3.63) is 53.6 Å². The van der Waals surface area contributed by atoms with Gasteiger partial charge < -0.3 is 4.74 Å². The Kier molecular flexibility index (Phi) is 3.69. The molecule has 0 aliphatic rings. The number of hydrogen-bond acceptors (Lipinski definition) is 1. The Morgan fingerprint density at radius 2 is 2.18 bits per heavy atom. The number of benzene rings is 2. The Labute approximate surface area is 106 Å². The summed E-state index contributed by atoms with van der Waals surface area (Å²) in [5.74, 6) is 3.08. The number of halogens is 1. The normalized spacial score (nSPS) is 9.65. The van der Waals surface area contributed by atoms with Crippen molar-refractivity contribution in [3.8, 4) is 29.2 Å². The third-order valence-electron chi connectivity index (χ3n) is 2.25. The summed E-state index contributed by atoms with van der Waals surface area (Å²) < 4.78 is 5.45. The molecule has 0 saturated carbocycles. The zero-order valence-electron chi connectivity index (χ0n) is 9.11. The summed E-state index contributed by atoms with van der Waals surface area (Å²) in [5.41, 5.74) is 1.92. The zero-order chi connectivity index (χ0) is 12.1. The first kappa shape index (κ1) is 11.6. The minimum atomic E-state index is 0.230. The molecule has 83 valence electrons. The van der Waals surface area contributed by atoms with E-state index in [1.165, 1.54) is 0 Å². The van der Waals surface area contributed by atoms with Gasteiger partial charge in [-0.1, -0.05) is 47.9 Å².